The van der Waals surface area contributed by atoms with Gasteiger partial charge in [0.05, 0.1) is 20.3 Å². The summed E-state index contributed by atoms with van der Waals surface area (Å²) in [5.41, 5.74) is 1.08. The second kappa shape index (κ2) is 9.60. The Balaban J connectivity index is 1.71. The molecule has 128 valence electrons. The van der Waals surface area contributed by atoms with E-state index < -0.39 is 0 Å². The number of unbranched alkanes of at least 4 members (excludes halogenated alkanes) is 1. The molecule has 0 heterocycles. The highest BCUT2D eigenvalue weighted by Gasteiger charge is 2.04. The maximum atomic E-state index is 12.8. The lowest BCUT2D eigenvalue weighted by Gasteiger charge is -2.11. The van der Waals surface area contributed by atoms with Gasteiger partial charge in [-0.15, -0.1) is 0 Å². The second-order valence-corrected chi connectivity index (χ2v) is 5.27. The molecule has 0 aliphatic carbocycles. The van der Waals surface area contributed by atoms with Crippen molar-refractivity contribution in [2.24, 2.45) is 0 Å². The summed E-state index contributed by atoms with van der Waals surface area (Å²) >= 11 is 0. The summed E-state index contributed by atoms with van der Waals surface area (Å²) in [5, 5.41) is 0. The molecule has 0 N–H and O–H groups in total. The average molecular weight is 330 g/mol. The van der Waals surface area contributed by atoms with E-state index in [0.717, 1.165) is 29.9 Å². The van der Waals surface area contributed by atoms with Gasteiger partial charge in [-0.05, 0) is 61.7 Å². The maximum absolute atomic E-state index is 12.8. The van der Waals surface area contributed by atoms with Gasteiger partial charge in [0.15, 0.2) is 11.5 Å². The van der Waals surface area contributed by atoms with Crippen LogP contribution in [-0.4, -0.2) is 20.3 Å². The Hall–Kier alpha value is -2.49. The molecule has 4 heteroatoms. The average Bonchev–Trinajstić information content (AvgIpc) is 2.60. The SMILES string of the molecule is C/C=C/c1ccc(OCCCCOc2ccc(F)cc2)c(OC)c1. The summed E-state index contributed by atoms with van der Waals surface area (Å²) in [6.07, 6.45) is 5.72. The molecule has 0 fully saturated rings. The van der Waals surface area contributed by atoms with E-state index in [1.54, 1.807) is 19.2 Å². The largest absolute Gasteiger partial charge is 0.494 e. The first kappa shape index (κ1) is 17.9. The third kappa shape index (κ3) is 5.61. The predicted octanol–water partition coefficient (Wildman–Crippen LogP) is 5.11. The zero-order valence-electron chi connectivity index (χ0n) is 14.1. The van der Waals surface area contributed by atoms with Crippen LogP contribution in [-0.2, 0) is 0 Å². The molecule has 0 atom stereocenters. The summed E-state index contributed by atoms with van der Waals surface area (Å²) < 4.78 is 29.5. The minimum absolute atomic E-state index is 0.259. The standard InChI is InChI=1S/C20H23FO3/c1-3-6-16-7-12-19(20(15-16)22-2)24-14-5-4-13-23-18-10-8-17(21)9-11-18/h3,6-12,15H,4-5,13-14H2,1-2H3/b6-3+. The van der Waals surface area contributed by atoms with E-state index in [1.807, 2.05) is 37.3 Å². The number of methoxy groups -OCH3 is 1. The molecule has 2 aromatic rings. The Morgan fingerprint density at radius 2 is 1.62 bits per heavy atom. The maximum Gasteiger partial charge on any atom is 0.161 e. The summed E-state index contributed by atoms with van der Waals surface area (Å²) in [7, 11) is 1.64. The van der Waals surface area contributed by atoms with Crippen molar-refractivity contribution >= 4 is 6.08 Å². The number of halogens is 1. The lowest BCUT2D eigenvalue weighted by Crippen LogP contribution is -2.03. The van der Waals surface area contributed by atoms with Gasteiger partial charge < -0.3 is 14.2 Å². The van der Waals surface area contributed by atoms with Crippen molar-refractivity contribution < 1.29 is 18.6 Å². The van der Waals surface area contributed by atoms with Crippen LogP contribution < -0.4 is 14.2 Å². The molecule has 24 heavy (non-hydrogen) atoms. The topological polar surface area (TPSA) is 27.7 Å². The highest BCUT2D eigenvalue weighted by atomic mass is 19.1. The quantitative estimate of drug-likeness (QED) is 0.598. The van der Waals surface area contributed by atoms with E-state index in [9.17, 15) is 4.39 Å². The fourth-order valence-electron chi connectivity index (χ4n) is 2.21. The Morgan fingerprint density at radius 3 is 2.29 bits per heavy atom. The third-order valence-corrected chi connectivity index (χ3v) is 3.43. The normalized spacial score (nSPS) is 10.8. The molecule has 0 unspecified atom stereocenters. The first-order chi connectivity index (χ1) is 11.7. The van der Waals surface area contributed by atoms with E-state index in [2.05, 4.69) is 0 Å². The molecule has 0 aliphatic heterocycles. The Bertz CT molecular complexity index is 650. The molecular weight excluding hydrogens is 307 g/mol. The van der Waals surface area contributed by atoms with E-state index in [0.29, 0.717) is 19.0 Å². The monoisotopic (exact) mass is 330 g/mol. The lowest BCUT2D eigenvalue weighted by molar-refractivity contribution is 0.258. The van der Waals surface area contributed by atoms with Crippen LogP contribution >= 0.6 is 0 Å². The van der Waals surface area contributed by atoms with E-state index in [-0.39, 0.29) is 5.82 Å². The predicted molar refractivity (Wildman–Crippen MR) is 94.3 cm³/mol. The first-order valence-corrected chi connectivity index (χ1v) is 8.05. The number of ether oxygens (including phenoxy) is 3. The molecule has 0 saturated heterocycles. The minimum Gasteiger partial charge on any atom is -0.494 e. The molecular formula is C20H23FO3. The second-order valence-electron chi connectivity index (χ2n) is 5.27. The summed E-state index contributed by atoms with van der Waals surface area (Å²) in [6, 6.07) is 11.9. The highest BCUT2D eigenvalue weighted by Crippen LogP contribution is 2.28. The van der Waals surface area contributed by atoms with Crippen molar-refractivity contribution in [3.05, 3.63) is 59.9 Å². The van der Waals surface area contributed by atoms with Gasteiger partial charge in [0.1, 0.15) is 11.6 Å². The molecule has 0 spiro atoms. The van der Waals surface area contributed by atoms with Crippen LogP contribution in [0.25, 0.3) is 6.08 Å². The molecule has 3 nitrogen and oxygen atoms in total. The Labute approximate surface area is 142 Å². The van der Waals surface area contributed by atoms with Crippen LogP contribution in [0, 0.1) is 5.82 Å². The zero-order valence-corrected chi connectivity index (χ0v) is 14.1. The van der Waals surface area contributed by atoms with Crippen molar-refractivity contribution in [3.63, 3.8) is 0 Å². The molecule has 0 bridgehead atoms. The van der Waals surface area contributed by atoms with Gasteiger partial charge in [-0.3, -0.25) is 0 Å². The van der Waals surface area contributed by atoms with Crippen LogP contribution in [0.5, 0.6) is 17.2 Å². The number of benzene rings is 2. The molecule has 0 amide bonds. The Morgan fingerprint density at radius 1 is 0.917 bits per heavy atom. The van der Waals surface area contributed by atoms with Crippen molar-refractivity contribution in [1.82, 2.24) is 0 Å². The van der Waals surface area contributed by atoms with E-state index in [4.69, 9.17) is 14.2 Å². The molecule has 0 radical (unpaired) electrons. The van der Waals surface area contributed by atoms with Gasteiger partial charge in [0.2, 0.25) is 0 Å². The molecule has 2 aromatic carbocycles. The number of hydrogen-bond donors (Lipinski definition) is 0. The zero-order chi connectivity index (χ0) is 17.2. The van der Waals surface area contributed by atoms with Crippen molar-refractivity contribution in [1.29, 1.82) is 0 Å². The van der Waals surface area contributed by atoms with Gasteiger partial charge >= 0.3 is 0 Å². The van der Waals surface area contributed by atoms with Crippen molar-refractivity contribution in [2.45, 2.75) is 19.8 Å². The first-order valence-electron chi connectivity index (χ1n) is 8.05. The molecule has 0 saturated carbocycles. The van der Waals surface area contributed by atoms with Crippen molar-refractivity contribution in [3.8, 4) is 17.2 Å². The van der Waals surface area contributed by atoms with Gasteiger partial charge in [0.25, 0.3) is 0 Å². The van der Waals surface area contributed by atoms with Crippen LogP contribution in [0.4, 0.5) is 4.39 Å². The van der Waals surface area contributed by atoms with Gasteiger partial charge in [-0.1, -0.05) is 18.2 Å². The van der Waals surface area contributed by atoms with Gasteiger partial charge in [-0.2, -0.15) is 0 Å². The van der Waals surface area contributed by atoms with Crippen LogP contribution in [0.15, 0.2) is 48.5 Å². The summed E-state index contributed by atoms with van der Waals surface area (Å²) in [6.45, 7) is 3.14. The van der Waals surface area contributed by atoms with E-state index in [1.165, 1.54) is 12.1 Å². The Kier molecular flexibility index (Phi) is 7.15. The van der Waals surface area contributed by atoms with Gasteiger partial charge in [-0.25, -0.2) is 4.39 Å². The minimum atomic E-state index is -0.259. The highest BCUT2D eigenvalue weighted by molar-refractivity contribution is 5.55. The van der Waals surface area contributed by atoms with Crippen LogP contribution in [0.2, 0.25) is 0 Å². The summed E-state index contributed by atoms with van der Waals surface area (Å²) in [5.74, 6) is 1.89. The summed E-state index contributed by atoms with van der Waals surface area (Å²) in [4.78, 5) is 0. The smallest absolute Gasteiger partial charge is 0.161 e. The van der Waals surface area contributed by atoms with Gasteiger partial charge in [0, 0.05) is 0 Å². The molecule has 2 rings (SSSR count). The van der Waals surface area contributed by atoms with Crippen molar-refractivity contribution in [2.75, 3.05) is 20.3 Å². The number of rotatable bonds is 9. The van der Waals surface area contributed by atoms with Crippen LogP contribution in [0.1, 0.15) is 25.3 Å². The van der Waals surface area contributed by atoms with E-state index >= 15 is 0 Å². The lowest BCUT2D eigenvalue weighted by atomic mass is 10.2. The van der Waals surface area contributed by atoms with Crippen LogP contribution in [0.3, 0.4) is 0 Å². The fourth-order valence-corrected chi connectivity index (χ4v) is 2.21. The number of hydrogen-bond acceptors (Lipinski definition) is 3. The molecule has 0 aromatic heterocycles. The number of allylic oxidation sites excluding steroid dienone is 1. The third-order valence-electron chi connectivity index (χ3n) is 3.43. The molecule has 0 aliphatic rings. The fraction of sp³-hybridized carbons (Fsp3) is 0.300.